The Labute approximate surface area is 315 Å². The van der Waals surface area contributed by atoms with E-state index in [0.717, 1.165) is 96.4 Å². The van der Waals surface area contributed by atoms with Crippen LogP contribution in [-0.4, -0.2) is 76.4 Å². The van der Waals surface area contributed by atoms with Gasteiger partial charge >= 0.3 is 17.9 Å². The summed E-state index contributed by atoms with van der Waals surface area (Å²) in [6.07, 6.45) is 12.4. The minimum absolute atomic E-state index is 0.0982. The highest BCUT2D eigenvalue weighted by atomic mass is 16.6. The molecular formula is C43H60O10. The Hall–Kier alpha value is -3.89. The lowest BCUT2D eigenvalue weighted by atomic mass is 9.83. The molecule has 0 unspecified atom stereocenters. The molecule has 2 aromatic rings. The van der Waals surface area contributed by atoms with Gasteiger partial charge in [-0.3, -0.25) is 0 Å². The predicted molar refractivity (Wildman–Crippen MR) is 202 cm³/mol. The number of hydrogen-bond donors (Lipinski definition) is 0. The van der Waals surface area contributed by atoms with Crippen molar-refractivity contribution >= 4 is 17.9 Å². The van der Waals surface area contributed by atoms with Crippen molar-refractivity contribution in [2.24, 2.45) is 11.3 Å². The first-order valence-corrected chi connectivity index (χ1v) is 19.7. The molecule has 0 radical (unpaired) electrons. The fraction of sp³-hybridized carbons (Fsp3) is 0.605. The van der Waals surface area contributed by atoms with Crippen LogP contribution in [-0.2, 0) is 28.5 Å². The SMILES string of the molecule is C=CC(=O)OCCCCCCOc1ccc(C(=O)O[C@@H]2CC[C@@H](OC(=O)c3ccc(OCCCCCCOCC4(CC)COC4)cc3)C[C@H]2CC)cc1. The second-order valence-corrected chi connectivity index (χ2v) is 14.3. The van der Waals surface area contributed by atoms with E-state index in [-0.39, 0.29) is 35.5 Å². The van der Waals surface area contributed by atoms with E-state index in [9.17, 15) is 14.4 Å². The molecule has 3 atom stereocenters. The van der Waals surface area contributed by atoms with Gasteiger partial charge in [0.15, 0.2) is 0 Å². The van der Waals surface area contributed by atoms with Crippen molar-refractivity contribution in [1.82, 2.24) is 0 Å². The van der Waals surface area contributed by atoms with Crippen LogP contribution in [0, 0.1) is 11.3 Å². The monoisotopic (exact) mass is 736 g/mol. The lowest BCUT2D eigenvalue weighted by molar-refractivity contribution is -0.150. The van der Waals surface area contributed by atoms with Gasteiger partial charge in [0.25, 0.3) is 0 Å². The van der Waals surface area contributed by atoms with Gasteiger partial charge in [-0.1, -0.05) is 26.8 Å². The van der Waals surface area contributed by atoms with Crippen LogP contribution in [0.3, 0.4) is 0 Å². The molecule has 0 N–H and O–H groups in total. The summed E-state index contributed by atoms with van der Waals surface area (Å²) in [6.45, 7) is 12.5. The van der Waals surface area contributed by atoms with E-state index >= 15 is 0 Å². The van der Waals surface area contributed by atoms with Crippen LogP contribution in [0.25, 0.3) is 0 Å². The van der Waals surface area contributed by atoms with E-state index in [1.807, 2.05) is 12.1 Å². The van der Waals surface area contributed by atoms with Gasteiger partial charge in [0.1, 0.15) is 23.7 Å². The average molecular weight is 737 g/mol. The fourth-order valence-corrected chi connectivity index (χ4v) is 6.58. The van der Waals surface area contributed by atoms with Gasteiger partial charge in [0, 0.05) is 18.1 Å². The van der Waals surface area contributed by atoms with E-state index in [4.69, 9.17) is 33.2 Å². The predicted octanol–water partition coefficient (Wildman–Crippen LogP) is 8.70. The highest BCUT2D eigenvalue weighted by Gasteiger charge is 2.37. The number of carbonyl (C=O) groups excluding carboxylic acids is 3. The first kappa shape index (κ1) is 41.9. The van der Waals surface area contributed by atoms with Crippen LogP contribution in [0.4, 0.5) is 0 Å². The van der Waals surface area contributed by atoms with E-state index in [0.29, 0.717) is 56.0 Å². The topological polar surface area (TPSA) is 116 Å². The molecule has 292 valence electrons. The number of ether oxygens (including phenoxy) is 7. The highest BCUT2D eigenvalue weighted by molar-refractivity contribution is 5.90. The molecule has 1 heterocycles. The molecular weight excluding hydrogens is 676 g/mol. The Bertz CT molecular complexity index is 1380. The zero-order valence-corrected chi connectivity index (χ0v) is 31.9. The molecule has 4 rings (SSSR count). The summed E-state index contributed by atoms with van der Waals surface area (Å²) in [5, 5.41) is 0. The summed E-state index contributed by atoms with van der Waals surface area (Å²) in [5.41, 5.74) is 1.22. The van der Waals surface area contributed by atoms with Gasteiger partial charge in [-0.05, 0) is 131 Å². The standard InChI is InChI=1S/C43H60O10/c1-4-33-29-38(23-24-39(33)53-42(46)35-17-21-37(22-18-35)50-27-13-9-10-14-28-51-40(44)5-2)52-41(45)34-15-19-36(20-16-34)49-26-12-8-7-11-25-47-30-43(6-3)31-48-32-43/h5,15-22,33,38-39H,2,4,6-14,23-32H2,1,3H3/t33-,38-,39-/m1/s1. The Balaban J connectivity index is 1.07. The van der Waals surface area contributed by atoms with Crippen molar-refractivity contribution in [3.8, 4) is 11.5 Å². The number of hydrogen-bond acceptors (Lipinski definition) is 10. The van der Waals surface area contributed by atoms with Crippen molar-refractivity contribution in [2.75, 3.05) is 46.2 Å². The quantitative estimate of drug-likeness (QED) is 0.0424. The van der Waals surface area contributed by atoms with Gasteiger partial charge < -0.3 is 33.2 Å². The molecule has 2 aromatic carbocycles. The molecule has 1 aliphatic carbocycles. The second kappa shape index (κ2) is 23.0. The Morgan fingerprint density at radius 3 is 1.79 bits per heavy atom. The number of unbranched alkanes of at least 4 members (excludes halogenated alkanes) is 6. The lowest BCUT2D eigenvalue weighted by Crippen LogP contribution is -2.45. The fourth-order valence-electron chi connectivity index (χ4n) is 6.58. The molecule has 0 spiro atoms. The number of benzene rings is 2. The molecule has 1 saturated heterocycles. The van der Waals surface area contributed by atoms with E-state index in [1.54, 1.807) is 36.4 Å². The maximum absolute atomic E-state index is 13.0. The largest absolute Gasteiger partial charge is 0.494 e. The summed E-state index contributed by atoms with van der Waals surface area (Å²) >= 11 is 0. The third-order valence-corrected chi connectivity index (χ3v) is 10.2. The molecule has 0 bridgehead atoms. The Kier molecular flexibility index (Phi) is 18.2. The van der Waals surface area contributed by atoms with Crippen LogP contribution in [0.2, 0.25) is 0 Å². The molecule has 53 heavy (non-hydrogen) atoms. The molecule has 0 amide bonds. The van der Waals surface area contributed by atoms with Crippen molar-refractivity contribution in [2.45, 2.75) is 110 Å². The third-order valence-electron chi connectivity index (χ3n) is 10.2. The second-order valence-electron chi connectivity index (χ2n) is 14.3. The first-order chi connectivity index (χ1) is 25.8. The van der Waals surface area contributed by atoms with Crippen LogP contribution in [0.1, 0.15) is 118 Å². The van der Waals surface area contributed by atoms with Gasteiger partial charge in [-0.25, -0.2) is 14.4 Å². The zero-order valence-electron chi connectivity index (χ0n) is 31.9. The maximum atomic E-state index is 13.0. The molecule has 2 fully saturated rings. The minimum Gasteiger partial charge on any atom is -0.494 e. The zero-order chi connectivity index (χ0) is 37.7. The molecule has 2 aliphatic rings. The molecule has 0 aromatic heterocycles. The van der Waals surface area contributed by atoms with Crippen molar-refractivity contribution in [3.05, 3.63) is 72.3 Å². The molecule has 10 heteroatoms. The number of carbonyl (C=O) groups is 3. The van der Waals surface area contributed by atoms with Gasteiger partial charge in [0.05, 0.1) is 50.8 Å². The normalized spacial score (nSPS) is 19.0. The van der Waals surface area contributed by atoms with Crippen molar-refractivity contribution in [1.29, 1.82) is 0 Å². The lowest BCUT2D eigenvalue weighted by Gasteiger charge is -2.40. The van der Waals surface area contributed by atoms with E-state index < -0.39 is 5.97 Å². The van der Waals surface area contributed by atoms with Gasteiger partial charge in [-0.2, -0.15) is 0 Å². The minimum atomic E-state index is -0.392. The van der Waals surface area contributed by atoms with Crippen LogP contribution < -0.4 is 9.47 Å². The first-order valence-electron chi connectivity index (χ1n) is 19.7. The van der Waals surface area contributed by atoms with Gasteiger partial charge in [0.2, 0.25) is 0 Å². The molecule has 1 aliphatic heterocycles. The van der Waals surface area contributed by atoms with E-state index in [1.165, 1.54) is 6.08 Å². The summed E-state index contributed by atoms with van der Waals surface area (Å²) < 4.78 is 39.8. The number of esters is 3. The maximum Gasteiger partial charge on any atom is 0.338 e. The van der Waals surface area contributed by atoms with Crippen LogP contribution >= 0.6 is 0 Å². The molecule has 10 nitrogen and oxygen atoms in total. The summed E-state index contributed by atoms with van der Waals surface area (Å²) in [6, 6.07) is 14.2. The Morgan fingerprint density at radius 1 is 0.736 bits per heavy atom. The average Bonchev–Trinajstić information content (AvgIpc) is 3.16. The third kappa shape index (κ3) is 14.5. The smallest absolute Gasteiger partial charge is 0.338 e. The van der Waals surface area contributed by atoms with E-state index in [2.05, 4.69) is 20.4 Å². The number of rotatable bonds is 25. The van der Waals surface area contributed by atoms with Crippen molar-refractivity contribution in [3.63, 3.8) is 0 Å². The van der Waals surface area contributed by atoms with Crippen molar-refractivity contribution < 1.29 is 47.5 Å². The Morgan fingerprint density at radius 2 is 1.28 bits per heavy atom. The summed E-state index contributed by atoms with van der Waals surface area (Å²) in [4.78, 5) is 37.0. The molecule has 1 saturated carbocycles. The highest BCUT2D eigenvalue weighted by Crippen LogP contribution is 2.33. The summed E-state index contributed by atoms with van der Waals surface area (Å²) in [7, 11) is 0. The van der Waals surface area contributed by atoms with Crippen LogP contribution in [0.5, 0.6) is 11.5 Å². The van der Waals surface area contributed by atoms with Gasteiger partial charge in [-0.15, -0.1) is 0 Å². The van der Waals surface area contributed by atoms with Crippen LogP contribution in [0.15, 0.2) is 61.2 Å². The summed E-state index contributed by atoms with van der Waals surface area (Å²) in [5.74, 6) is 0.429.